The summed E-state index contributed by atoms with van der Waals surface area (Å²) in [5.41, 5.74) is 13.8. The Hall–Kier alpha value is -3.88. The SMILES string of the molecule is N[C@@H]1C[C@H](N)CN(c2nc(Nc3ccc(C(=O)CC(=O)Nc4ccccc4Cl)cc3)nc(N3C[C@@H](O)[C@@H](O)C3)n2)C1. The van der Waals surface area contributed by atoms with Crippen molar-refractivity contribution in [2.24, 2.45) is 11.5 Å². The van der Waals surface area contributed by atoms with Crippen molar-refractivity contribution in [1.29, 1.82) is 0 Å². The van der Waals surface area contributed by atoms with E-state index < -0.39 is 18.1 Å². The molecule has 0 spiro atoms. The molecular weight excluding hydrogens is 550 g/mol. The van der Waals surface area contributed by atoms with Gasteiger partial charge in [-0.05, 0) is 42.8 Å². The Morgan fingerprint density at radius 2 is 1.46 bits per heavy atom. The molecule has 2 saturated heterocycles. The van der Waals surface area contributed by atoms with Gasteiger partial charge in [0.15, 0.2) is 5.78 Å². The summed E-state index contributed by atoms with van der Waals surface area (Å²) >= 11 is 6.07. The lowest BCUT2D eigenvalue weighted by atomic mass is 10.0. The molecule has 4 atom stereocenters. The average Bonchev–Trinajstić information content (AvgIpc) is 3.27. The molecule has 0 unspecified atom stereocenters. The van der Waals surface area contributed by atoms with E-state index in [2.05, 4.69) is 25.6 Å². The van der Waals surface area contributed by atoms with E-state index in [1.807, 2.05) is 4.90 Å². The van der Waals surface area contributed by atoms with Gasteiger partial charge in [-0.1, -0.05) is 23.7 Å². The van der Waals surface area contributed by atoms with Crippen LogP contribution in [-0.2, 0) is 4.79 Å². The average molecular weight is 582 g/mol. The van der Waals surface area contributed by atoms with Crippen molar-refractivity contribution in [3.8, 4) is 0 Å². The Labute approximate surface area is 241 Å². The summed E-state index contributed by atoms with van der Waals surface area (Å²) in [6.45, 7) is 1.37. The van der Waals surface area contributed by atoms with Gasteiger partial charge in [-0.25, -0.2) is 0 Å². The smallest absolute Gasteiger partial charge is 0.233 e. The molecule has 1 aromatic heterocycles. The largest absolute Gasteiger partial charge is 0.388 e. The summed E-state index contributed by atoms with van der Waals surface area (Å²) in [7, 11) is 0. The highest BCUT2D eigenvalue weighted by Gasteiger charge is 2.33. The number of aliphatic hydroxyl groups is 2. The summed E-state index contributed by atoms with van der Waals surface area (Å²) in [4.78, 5) is 42.3. The Bertz CT molecular complexity index is 1390. The number of anilines is 5. The lowest BCUT2D eigenvalue weighted by Crippen LogP contribution is -2.53. The summed E-state index contributed by atoms with van der Waals surface area (Å²) in [5.74, 6) is 0.0684. The van der Waals surface area contributed by atoms with Crippen LogP contribution in [0.2, 0.25) is 5.02 Å². The van der Waals surface area contributed by atoms with E-state index in [4.69, 9.17) is 23.1 Å². The molecule has 0 bridgehead atoms. The van der Waals surface area contributed by atoms with Crippen molar-refractivity contribution in [2.45, 2.75) is 37.1 Å². The number of carbonyl (C=O) groups excluding carboxylic acids is 2. The number of rotatable bonds is 8. The number of para-hydroxylation sites is 1. The van der Waals surface area contributed by atoms with Gasteiger partial charge < -0.3 is 42.1 Å². The molecule has 0 aliphatic carbocycles. The fourth-order valence-electron chi connectivity index (χ4n) is 4.84. The molecule has 1 amide bonds. The molecule has 13 nitrogen and oxygen atoms in total. The molecule has 3 heterocycles. The van der Waals surface area contributed by atoms with Crippen LogP contribution in [-0.4, -0.2) is 87.3 Å². The van der Waals surface area contributed by atoms with E-state index >= 15 is 0 Å². The first-order chi connectivity index (χ1) is 19.6. The number of nitrogens with two attached hydrogens (primary N) is 2. The number of aliphatic hydroxyl groups excluding tert-OH is 2. The van der Waals surface area contributed by atoms with Crippen molar-refractivity contribution in [1.82, 2.24) is 15.0 Å². The minimum atomic E-state index is -0.916. The number of ketones is 1. The third-order valence-electron chi connectivity index (χ3n) is 6.88. The summed E-state index contributed by atoms with van der Waals surface area (Å²) in [6, 6.07) is 13.1. The maximum atomic E-state index is 12.7. The predicted molar refractivity (Wildman–Crippen MR) is 156 cm³/mol. The van der Waals surface area contributed by atoms with Crippen LogP contribution in [0.3, 0.4) is 0 Å². The van der Waals surface area contributed by atoms with Crippen LogP contribution in [0.25, 0.3) is 0 Å². The van der Waals surface area contributed by atoms with Crippen LogP contribution >= 0.6 is 11.6 Å². The van der Waals surface area contributed by atoms with E-state index in [0.29, 0.717) is 47.4 Å². The highest BCUT2D eigenvalue weighted by atomic mass is 35.5. The zero-order valence-electron chi connectivity index (χ0n) is 22.2. The fourth-order valence-corrected chi connectivity index (χ4v) is 5.02. The minimum absolute atomic E-state index is 0.136. The number of Topliss-reactive ketones (excluding diaryl/α,β-unsaturated/α-hetero) is 1. The Morgan fingerprint density at radius 3 is 2.07 bits per heavy atom. The molecule has 41 heavy (non-hydrogen) atoms. The van der Waals surface area contributed by atoms with Gasteiger partial charge >= 0.3 is 0 Å². The molecule has 2 aliphatic rings. The predicted octanol–water partition coefficient (Wildman–Crippen LogP) is 0.887. The molecular formula is C27H32ClN9O4. The second-order valence-corrected chi connectivity index (χ2v) is 10.7. The summed E-state index contributed by atoms with van der Waals surface area (Å²) in [5, 5.41) is 26.3. The number of hydrogen-bond donors (Lipinski definition) is 6. The number of piperidine rings is 1. The van der Waals surface area contributed by atoms with Crippen molar-refractivity contribution < 1.29 is 19.8 Å². The van der Waals surface area contributed by atoms with Crippen molar-refractivity contribution >= 4 is 52.5 Å². The van der Waals surface area contributed by atoms with Gasteiger partial charge in [-0.2, -0.15) is 15.0 Å². The highest BCUT2D eigenvalue weighted by molar-refractivity contribution is 6.33. The number of nitrogens with zero attached hydrogens (tertiary/aromatic N) is 5. The first kappa shape index (κ1) is 28.6. The minimum Gasteiger partial charge on any atom is -0.388 e. The normalized spacial score (nSPS) is 22.5. The number of amides is 1. The fraction of sp³-hybridized carbons (Fsp3) is 0.370. The highest BCUT2D eigenvalue weighted by Crippen LogP contribution is 2.25. The van der Waals surface area contributed by atoms with E-state index in [-0.39, 0.29) is 49.3 Å². The molecule has 8 N–H and O–H groups in total. The molecule has 0 saturated carbocycles. The van der Waals surface area contributed by atoms with Gasteiger partial charge in [0.2, 0.25) is 23.8 Å². The maximum absolute atomic E-state index is 12.7. The molecule has 0 radical (unpaired) electrons. The van der Waals surface area contributed by atoms with Crippen molar-refractivity contribution in [3.05, 3.63) is 59.1 Å². The zero-order valence-corrected chi connectivity index (χ0v) is 22.9. The van der Waals surface area contributed by atoms with Crippen molar-refractivity contribution in [3.63, 3.8) is 0 Å². The number of halogens is 1. The first-order valence-electron chi connectivity index (χ1n) is 13.2. The standard InChI is InChI=1S/C27H32ClN9O4/c28-19-3-1-2-4-20(19)32-24(41)10-21(38)15-5-7-18(8-6-15)31-25-33-26(36-11-16(29)9-17(30)12-36)35-27(34-25)37-13-22(39)23(40)14-37/h1-8,16-17,22-23,39-40H,9-14,29-30H2,(H,32,41)(H,31,33,34,35)/t16-,17+,22-,23+. The van der Waals surface area contributed by atoms with Crippen LogP contribution in [0, 0.1) is 0 Å². The third-order valence-corrected chi connectivity index (χ3v) is 7.21. The zero-order chi connectivity index (χ0) is 29.1. The summed E-state index contributed by atoms with van der Waals surface area (Å²) < 4.78 is 0. The molecule has 216 valence electrons. The molecule has 2 aromatic carbocycles. The van der Waals surface area contributed by atoms with Gasteiger partial charge in [-0.15, -0.1) is 0 Å². The van der Waals surface area contributed by atoms with E-state index in [9.17, 15) is 19.8 Å². The lowest BCUT2D eigenvalue weighted by Gasteiger charge is -2.35. The lowest BCUT2D eigenvalue weighted by molar-refractivity contribution is -0.115. The number of carbonyl (C=O) groups is 2. The number of hydrogen-bond acceptors (Lipinski definition) is 12. The summed E-state index contributed by atoms with van der Waals surface area (Å²) in [6.07, 6.45) is -1.48. The van der Waals surface area contributed by atoms with Crippen LogP contribution in [0.15, 0.2) is 48.5 Å². The van der Waals surface area contributed by atoms with Crippen molar-refractivity contribution in [2.75, 3.05) is 46.6 Å². The third kappa shape index (κ3) is 7.07. The molecule has 2 aliphatic heterocycles. The molecule has 3 aromatic rings. The topological polar surface area (TPSA) is 196 Å². The quantitative estimate of drug-likeness (QED) is 0.162. The Morgan fingerprint density at radius 1 is 0.878 bits per heavy atom. The van der Waals surface area contributed by atoms with E-state index in [1.54, 1.807) is 53.4 Å². The van der Waals surface area contributed by atoms with Gasteiger partial charge in [0, 0.05) is 49.5 Å². The van der Waals surface area contributed by atoms with Crippen LogP contribution < -0.4 is 31.9 Å². The Balaban J connectivity index is 1.30. The van der Waals surface area contributed by atoms with Gasteiger partial charge in [0.1, 0.15) is 0 Å². The molecule has 14 heteroatoms. The maximum Gasteiger partial charge on any atom is 0.233 e. The number of nitrogens with one attached hydrogen (secondary N) is 2. The van der Waals surface area contributed by atoms with Gasteiger partial charge in [0.25, 0.3) is 0 Å². The van der Waals surface area contributed by atoms with E-state index in [1.165, 1.54) is 0 Å². The van der Waals surface area contributed by atoms with Crippen LogP contribution in [0.1, 0.15) is 23.2 Å². The van der Waals surface area contributed by atoms with Gasteiger partial charge in [0.05, 0.1) is 29.3 Å². The number of benzene rings is 2. The van der Waals surface area contributed by atoms with E-state index in [0.717, 1.165) is 0 Å². The number of aromatic nitrogens is 3. The molecule has 2 fully saturated rings. The second kappa shape index (κ2) is 12.3. The first-order valence-corrected chi connectivity index (χ1v) is 13.6. The van der Waals surface area contributed by atoms with Crippen LogP contribution in [0.4, 0.5) is 29.2 Å². The monoisotopic (exact) mass is 581 g/mol. The molecule has 5 rings (SSSR count). The van der Waals surface area contributed by atoms with Crippen LogP contribution in [0.5, 0.6) is 0 Å². The number of β-amino-alcohol motifs (C(OH)–C–C–N with tert-alkyl or cyclic N) is 2. The Kier molecular flexibility index (Phi) is 8.61. The van der Waals surface area contributed by atoms with Gasteiger partial charge in [-0.3, -0.25) is 9.59 Å². The second-order valence-electron chi connectivity index (χ2n) is 10.3.